The van der Waals surface area contributed by atoms with Gasteiger partial charge in [0.1, 0.15) is 0 Å². The van der Waals surface area contributed by atoms with E-state index in [9.17, 15) is 4.79 Å². The minimum Gasteiger partial charge on any atom is -0.336 e. The SMILES string of the molecule is CC(C)NC(=O)NC(C)Cn1ccnc1. The summed E-state index contributed by atoms with van der Waals surface area (Å²) < 4.78 is 1.93. The van der Waals surface area contributed by atoms with Gasteiger partial charge < -0.3 is 15.2 Å². The summed E-state index contributed by atoms with van der Waals surface area (Å²) in [6.45, 7) is 6.55. The Morgan fingerprint density at radius 2 is 2.13 bits per heavy atom. The van der Waals surface area contributed by atoms with Gasteiger partial charge in [0.15, 0.2) is 0 Å². The van der Waals surface area contributed by atoms with E-state index in [0.717, 1.165) is 6.54 Å². The first kappa shape index (κ1) is 11.6. The van der Waals surface area contributed by atoms with E-state index in [-0.39, 0.29) is 18.1 Å². The van der Waals surface area contributed by atoms with Gasteiger partial charge in [0.05, 0.1) is 6.33 Å². The first-order chi connectivity index (χ1) is 7.08. The number of urea groups is 1. The molecule has 84 valence electrons. The van der Waals surface area contributed by atoms with Crippen LogP contribution in [0.2, 0.25) is 0 Å². The van der Waals surface area contributed by atoms with E-state index in [0.29, 0.717) is 0 Å². The van der Waals surface area contributed by atoms with Gasteiger partial charge in [0.2, 0.25) is 0 Å². The molecular weight excluding hydrogens is 192 g/mol. The lowest BCUT2D eigenvalue weighted by molar-refractivity contribution is 0.234. The standard InChI is InChI=1S/C10H18N4O/c1-8(2)12-10(15)13-9(3)6-14-5-4-11-7-14/h4-5,7-9H,6H2,1-3H3,(H2,12,13,15). The van der Waals surface area contributed by atoms with Gasteiger partial charge in [-0.15, -0.1) is 0 Å². The van der Waals surface area contributed by atoms with Crippen molar-refractivity contribution in [2.24, 2.45) is 0 Å². The van der Waals surface area contributed by atoms with Crippen molar-refractivity contribution in [3.8, 4) is 0 Å². The molecule has 5 heteroatoms. The molecule has 0 aromatic carbocycles. The molecule has 0 aliphatic carbocycles. The number of amides is 2. The van der Waals surface area contributed by atoms with Gasteiger partial charge in [-0.3, -0.25) is 0 Å². The number of nitrogens with one attached hydrogen (secondary N) is 2. The van der Waals surface area contributed by atoms with Crippen molar-refractivity contribution >= 4 is 6.03 Å². The van der Waals surface area contributed by atoms with Crippen LogP contribution in [0, 0.1) is 0 Å². The molecule has 0 bridgehead atoms. The van der Waals surface area contributed by atoms with Gasteiger partial charge in [-0.05, 0) is 20.8 Å². The first-order valence-corrected chi connectivity index (χ1v) is 5.10. The van der Waals surface area contributed by atoms with Crippen LogP contribution in [0.5, 0.6) is 0 Å². The zero-order valence-corrected chi connectivity index (χ0v) is 9.40. The summed E-state index contributed by atoms with van der Waals surface area (Å²) in [6.07, 6.45) is 5.33. The Labute approximate surface area is 89.9 Å². The predicted molar refractivity (Wildman–Crippen MR) is 58.5 cm³/mol. The predicted octanol–water partition coefficient (Wildman–Crippen LogP) is 0.979. The molecule has 2 N–H and O–H groups in total. The molecule has 0 aliphatic rings. The fourth-order valence-electron chi connectivity index (χ4n) is 1.28. The Hall–Kier alpha value is -1.52. The third-order valence-electron chi connectivity index (χ3n) is 1.84. The number of imidazole rings is 1. The number of nitrogens with zero attached hydrogens (tertiary/aromatic N) is 2. The molecule has 2 amide bonds. The molecule has 1 aromatic heterocycles. The van der Waals surface area contributed by atoms with Crippen molar-refractivity contribution in [1.82, 2.24) is 20.2 Å². The molecule has 0 saturated carbocycles. The molecule has 0 fully saturated rings. The van der Waals surface area contributed by atoms with E-state index in [4.69, 9.17) is 0 Å². The molecule has 1 atom stereocenters. The molecule has 0 saturated heterocycles. The lowest BCUT2D eigenvalue weighted by Gasteiger charge is -2.16. The number of rotatable bonds is 4. The Bertz CT molecular complexity index is 294. The molecule has 0 radical (unpaired) electrons. The number of carbonyl (C=O) groups is 1. The van der Waals surface area contributed by atoms with Crippen LogP contribution < -0.4 is 10.6 Å². The monoisotopic (exact) mass is 210 g/mol. The summed E-state index contributed by atoms with van der Waals surface area (Å²) in [5, 5.41) is 5.63. The highest BCUT2D eigenvalue weighted by atomic mass is 16.2. The third kappa shape index (κ3) is 4.49. The zero-order valence-electron chi connectivity index (χ0n) is 9.40. The van der Waals surface area contributed by atoms with Crippen molar-refractivity contribution in [3.05, 3.63) is 18.7 Å². The Kier molecular flexibility index (Phi) is 4.15. The summed E-state index contributed by atoms with van der Waals surface area (Å²) in [5.74, 6) is 0. The van der Waals surface area contributed by atoms with E-state index in [1.54, 1.807) is 12.5 Å². The van der Waals surface area contributed by atoms with Crippen LogP contribution in [-0.4, -0.2) is 27.7 Å². The van der Waals surface area contributed by atoms with Crippen molar-refractivity contribution < 1.29 is 4.79 Å². The number of aromatic nitrogens is 2. The van der Waals surface area contributed by atoms with E-state index >= 15 is 0 Å². The third-order valence-corrected chi connectivity index (χ3v) is 1.84. The Morgan fingerprint density at radius 1 is 1.40 bits per heavy atom. The number of hydrogen-bond acceptors (Lipinski definition) is 2. The molecule has 1 heterocycles. The summed E-state index contributed by atoms with van der Waals surface area (Å²) in [7, 11) is 0. The second kappa shape index (κ2) is 5.38. The minimum absolute atomic E-state index is 0.0814. The smallest absolute Gasteiger partial charge is 0.315 e. The normalized spacial score (nSPS) is 12.5. The fourth-order valence-corrected chi connectivity index (χ4v) is 1.28. The molecule has 5 nitrogen and oxygen atoms in total. The van der Waals surface area contributed by atoms with Crippen LogP contribution in [0.1, 0.15) is 20.8 Å². The highest BCUT2D eigenvalue weighted by Gasteiger charge is 2.07. The van der Waals surface area contributed by atoms with Crippen LogP contribution >= 0.6 is 0 Å². The lowest BCUT2D eigenvalue weighted by atomic mass is 10.3. The van der Waals surface area contributed by atoms with E-state index in [1.807, 2.05) is 31.5 Å². The molecule has 15 heavy (non-hydrogen) atoms. The first-order valence-electron chi connectivity index (χ1n) is 5.10. The van der Waals surface area contributed by atoms with E-state index < -0.39 is 0 Å². The molecule has 0 aliphatic heterocycles. The molecule has 1 rings (SSSR count). The molecule has 1 aromatic rings. The van der Waals surface area contributed by atoms with Gasteiger partial charge in [-0.2, -0.15) is 0 Å². The zero-order chi connectivity index (χ0) is 11.3. The van der Waals surface area contributed by atoms with Crippen LogP contribution in [0.15, 0.2) is 18.7 Å². The van der Waals surface area contributed by atoms with Crippen LogP contribution in [0.3, 0.4) is 0 Å². The van der Waals surface area contributed by atoms with Gasteiger partial charge >= 0.3 is 6.03 Å². The highest BCUT2D eigenvalue weighted by molar-refractivity contribution is 5.74. The van der Waals surface area contributed by atoms with Gasteiger partial charge in [0, 0.05) is 31.0 Å². The van der Waals surface area contributed by atoms with Crippen molar-refractivity contribution in [2.45, 2.75) is 39.4 Å². The Morgan fingerprint density at radius 3 is 2.67 bits per heavy atom. The van der Waals surface area contributed by atoms with Crippen molar-refractivity contribution in [2.75, 3.05) is 0 Å². The summed E-state index contributed by atoms with van der Waals surface area (Å²) >= 11 is 0. The highest BCUT2D eigenvalue weighted by Crippen LogP contribution is 1.91. The van der Waals surface area contributed by atoms with Gasteiger partial charge in [-0.25, -0.2) is 9.78 Å². The summed E-state index contributed by atoms with van der Waals surface area (Å²) in [4.78, 5) is 15.3. The molecule has 0 spiro atoms. The molecular formula is C10H18N4O. The largest absolute Gasteiger partial charge is 0.336 e. The maximum absolute atomic E-state index is 11.3. The van der Waals surface area contributed by atoms with Crippen molar-refractivity contribution in [3.63, 3.8) is 0 Å². The topological polar surface area (TPSA) is 59.0 Å². The maximum atomic E-state index is 11.3. The minimum atomic E-state index is -0.127. The summed E-state index contributed by atoms with van der Waals surface area (Å²) in [5.41, 5.74) is 0. The van der Waals surface area contributed by atoms with Crippen LogP contribution in [0.25, 0.3) is 0 Å². The van der Waals surface area contributed by atoms with E-state index in [1.165, 1.54) is 0 Å². The second-order valence-electron chi connectivity index (χ2n) is 3.93. The fraction of sp³-hybridized carbons (Fsp3) is 0.600. The van der Waals surface area contributed by atoms with Crippen LogP contribution in [-0.2, 0) is 6.54 Å². The maximum Gasteiger partial charge on any atom is 0.315 e. The number of carbonyl (C=O) groups excluding carboxylic acids is 1. The quantitative estimate of drug-likeness (QED) is 0.778. The molecule has 1 unspecified atom stereocenters. The van der Waals surface area contributed by atoms with Gasteiger partial charge in [-0.1, -0.05) is 0 Å². The van der Waals surface area contributed by atoms with E-state index in [2.05, 4.69) is 15.6 Å². The van der Waals surface area contributed by atoms with Crippen molar-refractivity contribution in [1.29, 1.82) is 0 Å². The van der Waals surface area contributed by atoms with Gasteiger partial charge in [0.25, 0.3) is 0 Å². The van der Waals surface area contributed by atoms with Crippen LogP contribution in [0.4, 0.5) is 4.79 Å². The average Bonchev–Trinajstić information content (AvgIpc) is 2.53. The second-order valence-corrected chi connectivity index (χ2v) is 3.93. The number of hydrogen-bond donors (Lipinski definition) is 2. The average molecular weight is 210 g/mol. The lowest BCUT2D eigenvalue weighted by Crippen LogP contribution is -2.44. The Balaban J connectivity index is 2.29. The summed E-state index contributed by atoms with van der Waals surface area (Å²) in [6, 6.07) is 0.112.